The lowest BCUT2D eigenvalue weighted by Gasteiger charge is -2.21. The van der Waals surface area contributed by atoms with Crippen molar-refractivity contribution in [3.8, 4) is 0 Å². The maximum Gasteiger partial charge on any atom is 0.169 e. The summed E-state index contributed by atoms with van der Waals surface area (Å²) in [5.41, 5.74) is 1.19. The summed E-state index contributed by atoms with van der Waals surface area (Å²) in [7, 11) is 4.96. The monoisotopic (exact) mass is 297 g/mol. The number of hydrogen-bond acceptors (Lipinski definition) is 5. The summed E-state index contributed by atoms with van der Waals surface area (Å²) in [5.74, 6) is 0. The van der Waals surface area contributed by atoms with Gasteiger partial charge < -0.3 is 24.3 Å². The van der Waals surface area contributed by atoms with Crippen LogP contribution in [0.25, 0.3) is 0 Å². The Labute approximate surface area is 127 Å². The molecule has 0 saturated carbocycles. The Bertz CT molecular complexity index is 343. The van der Waals surface area contributed by atoms with Crippen LogP contribution in [0.15, 0.2) is 30.3 Å². The second-order valence-corrected chi connectivity index (χ2v) is 4.79. The molecule has 1 rings (SSSR count). The van der Waals surface area contributed by atoms with Crippen molar-refractivity contribution >= 4 is 0 Å². The molecule has 0 aromatic heterocycles. The molecule has 120 valence electrons. The number of rotatable bonds is 12. The third-order valence-electron chi connectivity index (χ3n) is 3.19. The summed E-state index contributed by atoms with van der Waals surface area (Å²) >= 11 is 0. The largest absolute Gasteiger partial charge is 0.383 e. The molecule has 1 N–H and O–H groups in total. The highest BCUT2D eigenvalue weighted by Gasteiger charge is 2.11. The van der Waals surface area contributed by atoms with Gasteiger partial charge in [0.2, 0.25) is 0 Å². The molecule has 5 nitrogen and oxygen atoms in total. The first-order chi connectivity index (χ1) is 10.3. The fourth-order valence-corrected chi connectivity index (χ4v) is 1.96. The number of methoxy groups -OCH3 is 3. The molecule has 0 aliphatic carbocycles. The van der Waals surface area contributed by atoms with E-state index in [4.69, 9.17) is 18.9 Å². The molecule has 21 heavy (non-hydrogen) atoms. The lowest BCUT2D eigenvalue weighted by molar-refractivity contribution is -0.101. The Morgan fingerprint density at radius 2 is 1.76 bits per heavy atom. The normalized spacial score (nSPS) is 12.8. The molecule has 0 radical (unpaired) electrons. The summed E-state index contributed by atoms with van der Waals surface area (Å²) in [4.78, 5) is 0. The molecular weight excluding hydrogens is 270 g/mol. The van der Waals surface area contributed by atoms with Crippen LogP contribution >= 0.6 is 0 Å². The third-order valence-corrected chi connectivity index (χ3v) is 3.19. The Morgan fingerprint density at radius 3 is 2.38 bits per heavy atom. The van der Waals surface area contributed by atoms with Gasteiger partial charge in [0, 0.05) is 40.5 Å². The molecule has 1 aromatic carbocycles. The lowest BCUT2D eigenvalue weighted by atomic mass is 10.2. The first kappa shape index (κ1) is 18.1. The maximum atomic E-state index is 5.70. The minimum atomic E-state index is -0.241. The zero-order chi connectivity index (χ0) is 15.3. The Balaban J connectivity index is 2.21. The quantitative estimate of drug-likeness (QED) is 0.471. The first-order valence-corrected chi connectivity index (χ1v) is 7.19. The van der Waals surface area contributed by atoms with Crippen molar-refractivity contribution in [2.24, 2.45) is 0 Å². The van der Waals surface area contributed by atoms with Crippen molar-refractivity contribution in [2.75, 3.05) is 41.1 Å². The molecule has 0 saturated heterocycles. The smallest absolute Gasteiger partial charge is 0.169 e. The summed E-state index contributed by atoms with van der Waals surface area (Å²) in [6, 6.07) is 10.4. The highest BCUT2D eigenvalue weighted by Crippen LogP contribution is 2.02. The van der Waals surface area contributed by atoms with Gasteiger partial charge in [0.15, 0.2) is 6.29 Å². The molecule has 0 fully saturated rings. The molecule has 0 aliphatic heterocycles. The van der Waals surface area contributed by atoms with Crippen molar-refractivity contribution in [1.82, 2.24) is 5.32 Å². The average molecular weight is 297 g/mol. The highest BCUT2D eigenvalue weighted by atomic mass is 16.7. The van der Waals surface area contributed by atoms with E-state index in [0.29, 0.717) is 26.4 Å². The van der Waals surface area contributed by atoms with E-state index in [0.717, 1.165) is 6.42 Å². The lowest BCUT2D eigenvalue weighted by Crippen LogP contribution is -2.40. The van der Waals surface area contributed by atoms with E-state index in [1.165, 1.54) is 5.56 Å². The van der Waals surface area contributed by atoms with Crippen LogP contribution in [0.1, 0.15) is 12.0 Å². The van der Waals surface area contributed by atoms with Crippen molar-refractivity contribution in [3.63, 3.8) is 0 Å². The fraction of sp³-hybridized carbons (Fsp3) is 0.625. The van der Waals surface area contributed by atoms with Crippen LogP contribution in [0, 0.1) is 0 Å². The van der Waals surface area contributed by atoms with Gasteiger partial charge in [-0.3, -0.25) is 0 Å². The topological polar surface area (TPSA) is 49.0 Å². The van der Waals surface area contributed by atoms with E-state index in [1.807, 2.05) is 18.2 Å². The molecule has 1 unspecified atom stereocenters. The zero-order valence-electron chi connectivity index (χ0n) is 13.2. The molecule has 0 heterocycles. The molecule has 5 heteroatoms. The van der Waals surface area contributed by atoms with Crippen LogP contribution < -0.4 is 5.32 Å². The van der Waals surface area contributed by atoms with E-state index < -0.39 is 0 Å². The summed E-state index contributed by atoms with van der Waals surface area (Å²) < 4.78 is 21.2. The van der Waals surface area contributed by atoms with Crippen molar-refractivity contribution in [1.29, 1.82) is 0 Å². The van der Waals surface area contributed by atoms with E-state index in [2.05, 4.69) is 17.4 Å². The minimum absolute atomic E-state index is 0.221. The van der Waals surface area contributed by atoms with Gasteiger partial charge >= 0.3 is 0 Å². The molecule has 0 bridgehead atoms. The van der Waals surface area contributed by atoms with Gasteiger partial charge in [-0.1, -0.05) is 30.3 Å². The van der Waals surface area contributed by atoms with Gasteiger partial charge in [0.1, 0.15) is 0 Å². The zero-order valence-corrected chi connectivity index (χ0v) is 13.2. The highest BCUT2D eigenvalue weighted by molar-refractivity contribution is 5.13. The van der Waals surface area contributed by atoms with E-state index in [1.54, 1.807) is 21.3 Å². The Morgan fingerprint density at radius 1 is 1.05 bits per heavy atom. The van der Waals surface area contributed by atoms with Crippen LogP contribution in [0.2, 0.25) is 0 Å². The van der Waals surface area contributed by atoms with Crippen LogP contribution in [-0.4, -0.2) is 53.4 Å². The summed E-state index contributed by atoms with van der Waals surface area (Å²) in [5, 5.41) is 3.37. The van der Waals surface area contributed by atoms with Gasteiger partial charge in [0.25, 0.3) is 0 Å². The van der Waals surface area contributed by atoms with Crippen molar-refractivity contribution in [2.45, 2.75) is 25.4 Å². The molecule has 0 aliphatic rings. The van der Waals surface area contributed by atoms with Crippen LogP contribution in [0.5, 0.6) is 0 Å². The second-order valence-electron chi connectivity index (χ2n) is 4.79. The SMILES string of the molecule is COCC(CCOCc1ccccc1)NCC(OC)OC. The third kappa shape index (κ3) is 8.14. The number of benzene rings is 1. The van der Waals surface area contributed by atoms with Gasteiger partial charge in [0.05, 0.1) is 13.2 Å². The standard InChI is InChI=1S/C16H27NO4/c1-18-13-15(17-11-16(19-2)20-3)9-10-21-12-14-7-5-4-6-8-14/h4-8,15-17H,9-13H2,1-3H3. The minimum Gasteiger partial charge on any atom is -0.383 e. The van der Waals surface area contributed by atoms with E-state index >= 15 is 0 Å². The fourth-order valence-electron chi connectivity index (χ4n) is 1.96. The van der Waals surface area contributed by atoms with Crippen molar-refractivity contribution < 1.29 is 18.9 Å². The van der Waals surface area contributed by atoms with E-state index in [9.17, 15) is 0 Å². The number of hydrogen-bond donors (Lipinski definition) is 1. The predicted octanol–water partition coefficient (Wildman–Crippen LogP) is 1.82. The van der Waals surface area contributed by atoms with Crippen LogP contribution in [0.3, 0.4) is 0 Å². The van der Waals surface area contributed by atoms with Crippen LogP contribution in [-0.2, 0) is 25.6 Å². The van der Waals surface area contributed by atoms with Gasteiger partial charge in [-0.15, -0.1) is 0 Å². The van der Waals surface area contributed by atoms with Gasteiger partial charge in [-0.05, 0) is 12.0 Å². The first-order valence-electron chi connectivity index (χ1n) is 7.19. The molecular formula is C16H27NO4. The molecule has 1 atom stereocenters. The number of ether oxygens (including phenoxy) is 4. The Hall–Kier alpha value is -0.980. The van der Waals surface area contributed by atoms with Crippen molar-refractivity contribution in [3.05, 3.63) is 35.9 Å². The van der Waals surface area contributed by atoms with E-state index in [-0.39, 0.29) is 12.3 Å². The van der Waals surface area contributed by atoms with Gasteiger partial charge in [-0.25, -0.2) is 0 Å². The summed E-state index contributed by atoms with van der Waals surface area (Å²) in [6.45, 7) is 2.58. The molecule has 0 amide bonds. The Kier molecular flexibility index (Phi) is 10.0. The van der Waals surface area contributed by atoms with Crippen LogP contribution in [0.4, 0.5) is 0 Å². The number of nitrogens with one attached hydrogen (secondary N) is 1. The summed E-state index contributed by atoms with van der Waals surface area (Å²) in [6.07, 6.45) is 0.635. The van der Waals surface area contributed by atoms with Gasteiger partial charge in [-0.2, -0.15) is 0 Å². The maximum absolute atomic E-state index is 5.70. The molecule has 0 spiro atoms. The second kappa shape index (κ2) is 11.7. The molecule has 1 aromatic rings. The average Bonchev–Trinajstić information content (AvgIpc) is 2.53. The predicted molar refractivity (Wildman–Crippen MR) is 82.2 cm³/mol.